The van der Waals surface area contributed by atoms with Gasteiger partial charge in [0.2, 0.25) is 5.91 Å². The third kappa shape index (κ3) is 6.55. The van der Waals surface area contributed by atoms with Crippen LogP contribution in [0.2, 0.25) is 0 Å². The molecule has 174 valence electrons. The van der Waals surface area contributed by atoms with Crippen LogP contribution in [0.15, 0.2) is 48.5 Å². The summed E-state index contributed by atoms with van der Waals surface area (Å²) in [6.45, 7) is 3.70. The Morgan fingerprint density at radius 3 is 2.45 bits per heavy atom. The van der Waals surface area contributed by atoms with Gasteiger partial charge in [-0.15, -0.1) is 0 Å². The lowest BCUT2D eigenvalue weighted by Crippen LogP contribution is -2.39. The molecule has 0 atom stereocenters. The Kier molecular flexibility index (Phi) is 8.43. The number of anilines is 1. The van der Waals surface area contributed by atoms with E-state index in [1.807, 2.05) is 23.1 Å². The number of hydrogen-bond acceptors (Lipinski definition) is 5. The van der Waals surface area contributed by atoms with Crippen LogP contribution in [0.25, 0.3) is 6.08 Å². The predicted octanol–water partition coefficient (Wildman–Crippen LogP) is 4.10. The summed E-state index contributed by atoms with van der Waals surface area (Å²) in [5.41, 5.74) is 1.87. The van der Waals surface area contributed by atoms with Crippen LogP contribution in [0.5, 0.6) is 11.5 Å². The number of piperidine rings is 1. The number of likely N-dealkylation sites (tertiary alicyclic amines) is 1. The van der Waals surface area contributed by atoms with Crippen molar-refractivity contribution in [3.05, 3.63) is 59.7 Å². The van der Waals surface area contributed by atoms with Gasteiger partial charge in [0.25, 0.3) is 5.91 Å². The predicted molar refractivity (Wildman–Crippen MR) is 134 cm³/mol. The highest BCUT2D eigenvalue weighted by Crippen LogP contribution is 2.28. The van der Waals surface area contributed by atoms with E-state index >= 15 is 0 Å². The molecule has 0 spiro atoms. The summed E-state index contributed by atoms with van der Waals surface area (Å²) < 4.78 is 10.5. The first kappa shape index (κ1) is 24.3. The van der Waals surface area contributed by atoms with Gasteiger partial charge in [0.05, 0.1) is 25.5 Å². The number of carbonyl (C=O) groups is 2. The van der Waals surface area contributed by atoms with Gasteiger partial charge < -0.3 is 19.7 Å². The van der Waals surface area contributed by atoms with Gasteiger partial charge in [-0.3, -0.25) is 14.9 Å². The molecule has 0 unspecified atom stereocenters. The van der Waals surface area contributed by atoms with Crippen LogP contribution in [0.4, 0.5) is 5.69 Å². The van der Waals surface area contributed by atoms with Crippen molar-refractivity contribution < 1.29 is 19.1 Å². The Balaban J connectivity index is 1.61. The van der Waals surface area contributed by atoms with Crippen molar-refractivity contribution in [1.82, 2.24) is 10.2 Å². The summed E-state index contributed by atoms with van der Waals surface area (Å²) in [7, 11) is 3.12. The zero-order valence-corrected chi connectivity index (χ0v) is 19.9. The molecule has 3 rings (SSSR count). The second kappa shape index (κ2) is 11.5. The average molecular weight is 468 g/mol. The van der Waals surface area contributed by atoms with E-state index in [-0.39, 0.29) is 11.0 Å². The van der Waals surface area contributed by atoms with Crippen LogP contribution >= 0.6 is 12.2 Å². The molecular formula is C25H29N3O4S. The number of carbonyl (C=O) groups excluding carboxylic acids is 2. The van der Waals surface area contributed by atoms with E-state index in [0.29, 0.717) is 28.7 Å². The van der Waals surface area contributed by atoms with E-state index in [2.05, 4.69) is 17.6 Å². The second-order valence-corrected chi connectivity index (χ2v) is 8.32. The molecule has 2 aromatic rings. The van der Waals surface area contributed by atoms with Gasteiger partial charge in [0.15, 0.2) is 16.6 Å². The van der Waals surface area contributed by atoms with Gasteiger partial charge in [0, 0.05) is 19.2 Å². The number of ether oxygens (including phenoxy) is 2. The van der Waals surface area contributed by atoms with Gasteiger partial charge in [-0.05, 0) is 66.9 Å². The molecule has 0 aromatic heterocycles. The van der Waals surface area contributed by atoms with Crippen LogP contribution in [-0.4, -0.2) is 49.1 Å². The lowest BCUT2D eigenvalue weighted by molar-refractivity contribution is -0.115. The molecule has 33 heavy (non-hydrogen) atoms. The van der Waals surface area contributed by atoms with Crippen molar-refractivity contribution in [3.63, 3.8) is 0 Å². The number of amides is 2. The molecule has 1 aliphatic heterocycles. The van der Waals surface area contributed by atoms with E-state index < -0.39 is 5.91 Å². The smallest absolute Gasteiger partial charge is 0.255 e. The SMILES string of the molecule is COc1ccc(C=CC(=O)NC(=S)Nc2ccccc2C(=O)N2CCC(C)CC2)cc1OC. The highest BCUT2D eigenvalue weighted by Gasteiger charge is 2.23. The Morgan fingerprint density at radius 2 is 1.76 bits per heavy atom. The zero-order chi connectivity index (χ0) is 23.8. The molecule has 1 heterocycles. The number of hydrogen-bond donors (Lipinski definition) is 2. The quantitative estimate of drug-likeness (QED) is 0.492. The van der Waals surface area contributed by atoms with Gasteiger partial charge in [-0.1, -0.05) is 25.1 Å². The van der Waals surface area contributed by atoms with Gasteiger partial charge in [-0.2, -0.15) is 0 Å². The fourth-order valence-corrected chi connectivity index (χ4v) is 3.81. The molecular weight excluding hydrogens is 438 g/mol. The van der Waals surface area contributed by atoms with Gasteiger partial charge >= 0.3 is 0 Å². The number of rotatable bonds is 6. The summed E-state index contributed by atoms with van der Waals surface area (Å²) in [5.74, 6) is 1.39. The summed E-state index contributed by atoms with van der Waals surface area (Å²) in [6.07, 6.45) is 5.03. The normalized spacial score (nSPS) is 14.1. The molecule has 2 N–H and O–H groups in total. The number of nitrogens with one attached hydrogen (secondary N) is 2. The number of methoxy groups -OCH3 is 2. The van der Waals surface area contributed by atoms with Crippen LogP contribution in [0, 0.1) is 5.92 Å². The second-order valence-electron chi connectivity index (χ2n) is 7.91. The highest BCUT2D eigenvalue weighted by atomic mass is 32.1. The van der Waals surface area contributed by atoms with E-state index in [1.54, 1.807) is 44.6 Å². The monoisotopic (exact) mass is 467 g/mol. The first-order valence-corrected chi connectivity index (χ1v) is 11.2. The minimum Gasteiger partial charge on any atom is -0.493 e. The van der Waals surface area contributed by atoms with Crippen LogP contribution in [0.1, 0.15) is 35.7 Å². The van der Waals surface area contributed by atoms with Gasteiger partial charge in [-0.25, -0.2) is 0 Å². The molecule has 0 bridgehead atoms. The Hall–Kier alpha value is -3.39. The third-order valence-corrected chi connectivity index (χ3v) is 5.75. The first-order valence-electron chi connectivity index (χ1n) is 10.8. The van der Waals surface area contributed by atoms with E-state index in [0.717, 1.165) is 31.5 Å². The number of nitrogens with zero attached hydrogens (tertiary/aromatic N) is 1. The Morgan fingerprint density at radius 1 is 1.06 bits per heavy atom. The van der Waals surface area contributed by atoms with Crippen molar-refractivity contribution >= 4 is 40.9 Å². The molecule has 0 aliphatic carbocycles. The lowest BCUT2D eigenvalue weighted by atomic mass is 9.98. The van der Waals surface area contributed by atoms with Crippen molar-refractivity contribution in [3.8, 4) is 11.5 Å². The number of thiocarbonyl (C=S) groups is 1. The average Bonchev–Trinajstić information content (AvgIpc) is 2.82. The summed E-state index contributed by atoms with van der Waals surface area (Å²) in [5, 5.41) is 5.71. The maximum absolute atomic E-state index is 13.0. The molecule has 7 nitrogen and oxygen atoms in total. The fourth-order valence-electron chi connectivity index (χ4n) is 3.60. The standard InChI is InChI=1S/C25H29N3O4S/c1-17-12-14-28(15-13-17)24(30)19-6-4-5-7-20(19)26-25(33)27-23(29)11-9-18-8-10-21(31-2)22(16-18)32-3/h4-11,16-17H,12-15H2,1-3H3,(H2,26,27,29,33). The van der Waals surface area contributed by atoms with Crippen LogP contribution in [0.3, 0.4) is 0 Å². The van der Waals surface area contributed by atoms with Crippen molar-refractivity contribution in [1.29, 1.82) is 0 Å². The molecule has 0 radical (unpaired) electrons. The van der Waals surface area contributed by atoms with E-state index in [9.17, 15) is 9.59 Å². The maximum atomic E-state index is 13.0. The molecule has 2 aromatic carbocycles. The Labute approximate surface area is 199 Å². The minimum absolute atomic E-state index is 0.0347. The third-order valence-electron chi connectivity index (χ3n) is 5.55. The Bertz CT molecular complexity index is 1050. The maximum Gasteiger partial charge on any atom is 0.255 e. The van der Waals surface area contributed by atoms with Crippen molar-refractivity contribution in [2.24, 2.45) is 5.92 Å². The molecule has 8 heteroatoms. The topological polar surface area (TPSA) is 79.9 Å². The van der Waals surface area contributed by atoms with Gasteiger partial charge in [0.1, 0.15) is 0 Å². The van der Waals surface area contributed by atoms with E-state index in [4.69, 9.17) is 21.7 Å². The zero-order valence-electron chi connectivity index (χ0n) is 19.1. The first-order chi connectivity index (χ1) is 15.9. The van der Waals surface area contributed by atoms with E-state index in [1.165, 1.54) is 6.08 Å². The molecule has 1 fully saturated rings. The lowest BCUT2D eigenvalue weighted by Gasteiger charge is -2.30. The molecule has 1 saturated heterocycles. The molecule has 2 amide bonds. The largest absolute Gasteiger partial charge is 0.493 e. The minimum atomic E-state index is -0.392. The molecule has 1 aliphatic rings. The number of benzene rings is 2. The summed E-state index contributed by atoms with van der Waals surface area (Å²) in [4.78, 5) is 27.2. The van der Waals surface area contributed by atoms with Crippen LogP contribution in [-0.2, 0) is 4.79 Å². The van der Waals surface area contributed by atoms with Crippen molar-refractivity contribution in [2.45, 2.75) is 19.8 Å². The fraction of sp³-hybridized carbons (Fsp3) is 0.320. The van der Waals surface area contributed by atoms with Crippen LogP contribution < -0.4 is 20.1 Å². The summed E-state index contributed by atoms with van der Waals surface area (Å²) >= 11 is 5.30. The number of para-hydroxylation sites is 1. The summed E-state index contributed by atoms with van der Waals surface area (Å²) in [6, 6.07) is 12.5. The van der Waals surface area contributed by atoms with Crippen molar-refractivity contribution in [2.75, 3.05) is 32.6 Å². The highest BCUT2D eigenvalue weighted by molar-refractivity contribution is 7.80. The molecule has 0 saturated carbocycles.